The molecule has 0 amide bonds. The van der Waals surface area contributed by atoms with Crippen LogP contribution in [0.2, 0.25) is 5.15 Å². The zero-order chi connectivity index (χ0) is 11.4. The molecule has 0 saturated heterocycles. The van der Waals surface area contributed by atoms with Gasteiger partial charge in [0.25, 0.3) is 0 Å². The molecule has 1 heterocycles. The summed E-state index contributed by atoms with van der Waals surface area (Å²) in [7, 11) is 2.97. The predicted molar refractivity (Wildman–Crippen MR) is 56.7 cm³/mol. The topological polar surface area (TPSA) is 81.3 Å². The van der Waals surface area contributed by atoms with Crippen molar-refractivity contribution in [2.75, 3.05) is 31.3 Å². The van der Waals surface area contributed by atoms with Gasteiger partial charge in [-0.05, 0) is 0 Å². The summed E-state index contributed by atoms with van der Waals surface area (Å²) in [6, 6.07) is 0. The molecule has 0 aliphatic heterocycles. The highest BCUT2D eigenvalue weighted by Gasteiger charge is 2.13. The summed E-state index contributed by atoms with van der Waals surface area (Å²) >= 11 is 5.71. The maximum atomic E-state index is 11.0. The Morgan fingerprint density at radius 1 is 1.67 bits per heavy atom. The van der Waals surface area contributed by atoms with Gasteiger partial charge in [0.1, 0.15) is 18.6 Å². The summed E-state index contributed by atoms with van der Waals surface area (Å²) < 4.78 is 4.51. The van der Waals surface area contributed by atoms with Crippen LogP contribution < -0.4 is 10.6 Å². The lowest BCUT2D eigenvalue weighted by Crippen LogP contribution is -2.28. The Hall–Kier alpha value is -1.56. The van der Waals surface area contributed by atoms with E-state index in [2.05, 4.69) is 14.7 Å². The molecule has 2 N–H and O–H groups in total. The van der Waals surface area contributed by atoms with E-state index in [1.165, 1.54) is 18.3 Å². The lowest BCUT2D eigenvalue weighted by molar-refractivity contribution is -0.138. The Morgan fingerprint density at radius 2 is 2.33 bits per heavy atom. The number of hydrogen-bond donors (Lipinski definition) is 1. The van der Waals surface area contributed by atoms with Gasteiger partial charge in [-0.25, -0.2) is 9.97 Å². The highest BCUT2D eigenvalue weighted by Crippen LogP contribution is 2.24. The van der Waals surface area contributed by atoms with Gasteiger partial charge in [0.15, 0.2) is 11.0 Å². The van der Waals surface area contributed by atoms with Crippen molar-refractivity contribution in [3.63, 3.8) is 0 Å². The second-order valence-corrected chi connectivity index (χ2v) is 3.19. The molecule has 0 aliphatic carbocycles. The molecule has 0 spiro atoms. The molecule has 0 radical (unpaired) electrons. The molecule has 1 aromatic rings. The van der Waals surface area contributed by atoms with Crippen LogP contribution in [0, 0.1) is 0 Å². The number of nitrogen functional groups attached to an aromatic ring is 1. The minimum absolute atomic E-state index is 0.0496. The number of carbonyl (C=O) groups excluding carboxylic acids is 1. The Balaban J connectivity index is 2.86. The number of esters is 1. The molecule has 0 unspecified atom stereocenters. The normalized spacial score (nSPS) is 9.80. The lowest BCUT2D eigenvalue weighted by Gasteiger charge is -2.17. The van der Waals surface area contributed by atoms with Crippen molar-refractivity contribution >= 4 is 29.1 Å². The number of nitrogens with two attached hydrogens (primary N) is 1. The molecule has 82 valence electrons. The molecule has 0 aliphatic rings. The van der Waals surface area contributed by atoms with Crippen LogP contribution >= 0.6 is 11.6 Å². The Labute approximate surface area is 92.0 Å². The summed E-state index contributed by atoms with van der Waals surface area (Å²) in [6.07, 6.45) is 1.28. The minimum atomic E-state index is -0.383. The smallest absolute Gasteiger partial charge is 0.325 e. The van der Waals surface area contributed by atoms with E-state index in [9.17, 15) is 4.79 Å². The first-order chi connectivity index (χ1) is 7.06. The number of aromatic nitrogens is 2. The molecule has 0 aromatic carbocycles. The molecule has 0 atom stereocenters. The van der Waals surface area contributed by atoms with E-state index in [4.69, 9.17) is 17.3 Å². The highest BCUT2D eigenvalue weighted by atomic mass is 35.5. The van der Waals surface area contributed by atoms with Gasteiger partial charge in [-0.2, -0.15) is 0 Å². The van der Waals surface area contributed by atoms with Crippen molar-refractivity contribution in [2.45, 2.75) is 0 Å². The number of nitrogens with zero attached hydrogens (tertiary/aromatic N) is 3. The van der Waals surface area contributed by atoms with Gasteiger partial charge in [-0.15, -0.1) is 0 Å². The number of halogens is 1. The van der Waals surface area contributed by atoms with Crippen LogP contribution in [0.5, 0.6) is 0 Å². The van der Waals surface area contributed by atoms with Gasteiger partial charge in [0.2, 0.25) is 0 Å². The summed E-state index contributed by atoms with van der Waals surface area (Å²) in [6.45, 7) is 0.0496. The van der Waals surface area contributed by atoms with E-state index in [1.807, 2.05) is 0 Å². The first kappa shape index (κ1) is 11.5. The van der Waals surface area contributed by atoms with Crippen LogP contribution in [0.3, 0.4) is 0 Å². The molecule has 0 fully saturated rings. The summed E-state index contributed by atoms with van der Waals surface area (Å²) in [5.74, 6) is 0.0204. The standard InChI is InChI=1S/C8H11ClN4O2/c1-13(3-5(14)15-2)8-6(10)7(9)11-4-12-8/h4H,3,10H2,1-2H3. The molecular weight excluding hydrogens is 220 g/mol. The number of carbonyl (C=O) groups is 1. The third-order valence-electron chi connectivity index (χ3n) is 1.77. The largest absolute Gasteiger partial charge is 0.468 e. The first-order valence-corrected chi connectivity index (χ1v) is 4.48. The number of rotatable bonds is 3. The zero-order valence-electron chi connectivity index (χ0n) is 8.40. The van der Waals surface area contributed by atoms with E-state index in [1.54, 1.807) is 7.05 Å². The van der Waals surface area contributed by atoms with Crippen molar-refractivity contribution in [3.8, 4) is 0 Å². The first-order valence-electron chi connectivity index (χ1n) is 4.10. The van der Waals surface area contributed by atoms with Gasteiger partial charge in [0.05, 0.1) is 7.11 Å². The zero-order valence-corrected chi connectivity index (χ0v) is 9.15. The molecule has 6 nitrogen and oxygen atoms in total. The molecule has 0 bridgehead atoms. The van der Waals surface area contributed by atoms with Crippen molar-refractivity contribution in [1.29, 1.82) is 0 Å². The molecule has 1 aromatic heterocycles. The summed E-state index contributed by atoms with van der Waals surface area (Å²) in [5, 5.41) is 0.164. The Bertz CT molecular complexity index is 372. The third-order valence-corrected chi connectivity index (χ3v) is 2.07. The van der Waals surface area contributed by atoms with Crippen molar-refractivity contribution in [2.24, 2.45) is 0 Å². The van der Waals surface area contributed by atoms with Gasteiger partial charge < -0.3 is 15.4 Å². The van der Waals surface area contributed by atoms with Crippen LogP contribution in [0.1, 0.15) is 0 Å². The molecule has 7 heteroatoms. The van der Waals surface area contributed by atoms with E-state index in [0.717, 1.165) is 0 Å². The van der Waals surface area contributed by atoms with E-state index < -0.39 is 0 Å². The molecule has 15 heavy (non-hydrogen) atoms. The number of hydrogen-bond acceptors (Lipinski definition) is 6. The van der Waals surface area contributed by atoms with Crippen molar-refractivity contribution in [3.05, 3.63) is 11.5 Å². The van der Waals surface area contributed by atoms with Crippen LogP contribution in [0.15, 0.2) is 6.33 Å². The summed E-state index contributed by atoms with van der Waals surface area (Å²) in [5.41, 5.74) is 5.89. The fraction of sp³-hybridized carbons (Fsp3) is 0.375. The second kappa shape index (κ2) is 4.79. The number of methoxy groups -OCH3 is 1. The summed E-state index contributed by atoms with van der Waals surface area (Å²) in [4.78, 5) is 20.2. The van der Waals surface area contributed by atoms with Crippen LogP contribution in [-0.2, 0) is 9.53 Å². The van der Waals surface area contributed by atoms with Gasteiger partial charge >= 0.3 is 5.97 Å². The minimum Gasteiger partial charge on any atom is -0.468 e. The molecule has 0 saturated carbocycles. The lowest BCUT2D eigenvalue weighted by atomic mass is 10.4. The number of likely N-dealkylation sites (N-methyl/N-ethyl adjacent to an activating group) is 1. The maximum Gasteiger partial charge on any atom is 0.325 e. The quantitative estimate of drug-likeness (QED) is 0.595. The van der Waals surface area contributed by atoms with Crippen LogP contribution in [0.25, 0.3) is 0 Å². The van der Waals surface area contributed by atoms with Crippen molar-refractivity contribution < 1.29 is 9.53 Å². The van der Waals surface area contributed by atoms with Gasteiger partial charge in [-0.1, -0.05) is 11.6 Å². The average Bonchev–Trinajstić information content (AvgIpc) is 2.21. The monoisotopic (exact) mass is 230 g/mol. The average molecular weight is 231 g/mol. The van der Waals surface area contributed by atoms with E-state index in [-0.39, 0.29) is 23.4 Å². The van der Waals surface area contributed by atoms with Gasteiger partial charge in [0, 0.05) is 7.05 Å². The van der Waals surface area contributed by atoms with Gasteiger partial charge in [-0.3, -0.25) is 4.79 Å². The van der Waals surface area contributed by atoms with Crippen LogP contribution in [0.4, 0.5) is 11.5 Å². The Morgan fingerprint density at radius 3 is 2.93 bits per heavy atom. The van der Waals surface area contributed by atoms with Crippen LogP contribution in [-0.4, -0.2) is 36.6 Å². The SMILES string of the molecule is COC(=O)CN(C)c1ncnc(Cl)c1N. The predicted octanol–water partition coefficient (Wildman–Crippen LogP) is 0.321. The fourth-order valence-corrected chi connectivity index (χ4v) is 1.13. The molecular formula is C8H11ClN4O2. The van der Waals surface area contributed by atoms with E-state index in [0.29, 0.717) is 5.82 Å². The van der Waals surface area contributed by atoms with Crippen molar-refractivity contribution in [1.82, 2.24) is 9.97 Å². The fourth-order valence-electron chi connectivity index (χ4n) is 1.00. The van der Waals surface area contributed by atoms with E-state index >= 15 is 0 Å². The third kappa shape index (κ3) is 2.69. The Kier molecular flexibility index (Phi) is 3.68. The maximum absolute atomic E-state index is 11.0. The highest BCUT2D eigenvalue weighted by molar-refractivity contribution is 6.32. The second-order valence-electron chi connectivity index (χ2n) is 2.83. The molecule has 1 rings (SSSR count). The number of ether oxygens (including phenoxy) is 1. The number of anilines is 2.